The van der Waals surface area contributed by atoms with Gasteiger partial charge < -0.3 is 45.8 Å². The molecule has 0 radical (unpaired) electrons. The van der Waals surface area contributed by atoms with Crippen LogP contribution in [0.15, 0.2) is 6.33 Å². The Labute approximate surface area is 250 Å². The average Bonchev–Trinajstić information content (AvgIpc) is 3.40. The first-order valence-electron chi connectivity index (χ1n) is 14.0. The van der Waals surface area contributed by atoms with Crippen LogP contribution >= 0.6 is 26.6 Å². The van der Waals surface area contributed by atoms with Gasteiger partial charge in [0.05, 0.1) is 24.1 Å². The molecule has 7 rings (SSSR count). The topological polar surface area (TPSA) is 263 Å². The van der Waals surface area contributed by atoms with Crippen molar-refractivity contribution >= 4 is 49.5 Å². The summed E-state index contributed by atoms with van der Waals surface area (Å²) in [6, 6.07) is -0.917. The van der Waals surface area contributed by atoms with E-state index in [1.807, 2.05) is 0 Å². The first-order valence-corrected chi connectivity index (χ1v) is 18.2. The van der Waals surface area contributed by atoms with Crippen LogP contribution in [-0.2, 0) is 18.7 Å². The summed E-state index contributed by atoms with van der Waals surface area (Å²) in [7, 11) is -9.00. The number of aliphatic hydroxyl groups is 3. The van der Waals surface area contributed by atoms with Crippen molar-refractivity contribution in [1.82, 2.24) is 19.5 Å². The van der Waals surface area contributed by atoms with Gasteiger partial charge in [-0.1, -0.05) is 0 Å². The number of hydrogen-bond acceptors (Lipinski definition) is 11. The smallest absolute Gasteiger partial charge is 0.335 e. The van der Waals surface area contributed by atoms with Crippen LogP contribution < -0.4 is 11.1 Å². The predicted molar refractivity (Wildman–Crippen MR) is 151 cm³/mol. The Morgan fingerprint density at radius 2 is 1.84 bits per heavy atom. The van der Waals surface area contributed by atoms with Gasteiger partial charge in [0.25, 0.3) is 0 Å². The molecule has 1 aliphatic heterocycles. The highest BCUT2D eigenvalue weighted by Gasteiger charge is 2.60. The van der Waals surface area contributed by atoms with Gasteiger partial charge in [0, 0.05) is 6.16 Å². The van der Waals surface area contributed by atoms with E-state index >= 15 is 0 Å². The Balaban J connectivity index is 1.20. The lowest BCUT2D eigenvalue weighted by Gasteiger charge is -2.61. The van der Waals surface area contributed by atoms with E-state index in [9.17, 15) is 34.1 Å². The van der Waals surface area contributed by atoms with Gasteiger partial charge in [-0.3, -0.25) is 18.5 Å². The second-order valence-electron chi connectivity index (χ2n) is 12.9. The van der Waals surface area contributed by atoms with Crippen LogP contribution in [0.2, 0.25) is 5.28 Å². The molecule has 0 spiro atoms. The lowest BCUT2D eigenvalue weighted by Crippen LogP contribution is -2.63. The van der Waals surface area contributed by atoms with Gasteiger partial charge in [0.1, 0.15) is 18.1 Å². The summed E-state index contributed by atoms with van der Waals surface area (Å²) in [5, 5.41) is 34.9. The third kappa shape index (κ3) is 6.05. The Bertz CT molecular complexity index is 1520. The highest BCUT2D eigenvalue weighted by Crippen LogP contribution is 2.62. The molecule has 238 valence electrons. The third-order valence-corrected chi connectivity index (χ3v) is 13.8. The van der Waals surface area contributed by atoms with E-state index in [1.165, 1.54) is 10.9 Å². The summed E-state index contributed by atoms with van der Waals surface area (Å²) in [6.45, 7) is 0. The third-order valence-electron chi connectivity index (χ3n) is 9.43. The summed E-state index contributed by atoms with van der Waals surface area (Å²) in [5.41, 5.74) is 5.39. The number of fused-ring (bicyclic) bond motifs is 1. The zero-order chi connectivity index (χ0) is 31.1. The van der Waals surface area contributed by atoms with E-state index in [1.54, 1.807) is 0 Å². The zero-order valence-electron chi connectivity index (χ0n) is 22.9. The van der Waals surface area contributed by atoms with Gasteiger partial charge in [-0.25, -0.2) is 4.98 Å². The fourth-order valence-corrected chi connectivity index (χ4v) is 11.9. The van der Waals surface area contributed by atoms with Gasteiger partial charge in [0.2, 0.25) is 18.6 Å². The molecule has 19 heteroatoms. The number of hydrogen-bond donors (Lipinski definition) is 8. The molecule has 9 N–H and O–H groups in total. The Morgan fingerprint density at radius 1 is 1.16 bits per heavy atom. The number of nitrogens with one attached hydrogen (secondary N) is 1. The number of aromatic nitrogens is 4. The summed E-state index contributed by atoms with van der Waals surface area (Å²) in [5.74, 6) is -1.09. The van der Waals surface area contributed by atoms with Gasteiger partial charge in [-0.2, -0.15) is 9.97 Å². The minimum atomic E-state index is -4.75. The lowest BCUT2D eigenvalue weighted by atomic mass is 9.46. The molecule has 9 unspecified atom stereocenters. The first-order chi connectivity index (χ1) is 20.0. The number of aliphatic hydroxyl groups excluding tert-OH is 2. The molecule has 3 heterocycles. The van der Waals surface area contributed by atoms with Crippen molar-refractivity contribution in [3.8, 4) is 0 Å². The molecule has 4 saturated carbocycles. The Kier molecular flexibility index (Phi) is 7.87. The molecule has 5 aliphatic rings. The standard InChI is InChI=1S/C24H35ClN6O10P2/c25-22-29-18(28-20(34)17(26)23-4-11-3-12(5-23)7-24(35,6-11)8-23)14-19(30-22)31(9-27-14)21-16(33)15(32)13(41-21)1-2-42(36,37)10-43(38,39)40/h9,11-13,15-17,21,32-33,35H,1-8,10,26H2,(H,36,37)(H2,38,39,40)(H,28,29,30,34)/t11-,12?,13?,15?,16?,17?,21?,23?,24?/m1/s1. The van der Waals surface area contributed by atoms with Crippen molar-refractivity contribution in [1.29, 1.82) is 0 Å². The van der Waals surface area contributed by atoms with Crippen molar-refractivity contribution in [3.63, 3.8) is 0 Å². The molecule has 1 saturated heterocycles. The van der Waals surface area contributed by atoms with E-state index in [2.05, 4.69) is 20.3 Å². The minimum absolute atomic E-state index is 0.0270. The molecule has 1 amide bonds. The molecule has 4 bridgehead atoms. The number of halogens is 1. The highest BCUT2D eigenvalue weighted by molar-refractivity contribution is 7.72. The van der Waals surface area contributed by atoms with Crippen LogP contribution in [-0.4, -0.2) is 97.4 Å². The molecular weight excluding hydrogens is 630 g/mol. The fraction of sp³-hybridized carbons (Fsp3) is 0.750. The number of imidazole rings is 1. The summed E-state index contributed by atoms with van der Waals surface area (Å²) < 4.78 is 30.4. The molecule has 0 aromatic carbocycles. The number of ether oxygens (including phenoxy) is 1. The monoisotopic (exact) mass is 664 g/mol. The minimum Gasteiger partial charge on any atom is -0.390 e. The van der Waals surface area contributed by atoms with Gasteiger partial charge >= 0.3 is 7.60 Å². The maximum atomic E-state index is 13.5. The normalized spacial score (nSPS) is 37.5. The predicted octanol–water partition coefficient (Wildman–Crippen LogP) is 0.492. The molecule has 4 aliphatic carbocycles. The van der Waals surface area contributed by atoms with Crippen LogP contribution in [0.1, 0.15) is 51.2 Å². The summed E-state index contributed by atoms with van der Waals surface area (Å²) in [6.07, 6.45) is -0.574. The van der Waals surface area contributed by atoms with E-state index < -0.39 is 74.5 Å². The van der Waals surface area contributed by atoms with Crippen molar-refractivity contribution < 1.29 is 48.7 Å². The van der Waals surface area contributed by atoms with Gasteiger partial charge in [0.15, 0.2) is 23.2 Å². The molecule has 2 aromatic heterocycles. The lowest BCUT2D eigenvalue weighted by molar-refractivity contribution is -0.172. The number of carbonyl (C=O) groups excluding carboxylic acids is 1. The van der Waals surface area contributed by atoms with Crippen molar-refractivity contribution in [3.05, 3.63) is 11.6 Å². The van der Waals surface area contributed by atoms with Crippen molar-refractivity contribution in [2.45, 2.75) is 81.1 Å². The molecular formula is C24H35ClN6O10P2. The number of carbonyl (C=O) groups is 1. The Morgan fingerprint density at radius 3 is 2.47 bits per heavy atom. The van der Waals surface area contributed by atoms with Crippen LogP contribution in [0.25, 0.3) is 11.2 Å². The zero-order valence-corrected chi connectivity index (χ0v) is 25.5. The van der Waals surface area contributed by atoms with Crippen molar-refractivity contribution in [2.24, 2.45) is 23.0 Å². The van der Waals surface area contributed by atoms with E-state index in [-0.39, 0.29) is 28.7 Å². The second kappa shape index (κ2) is 10.8. The number of amides is 1. The summed E-state index contributed by atoms with van der Waals surface area (Å²) >= 11 is 6.19. The van der Waals surface area contributed by atoms with E-state index in [0.29, 0.717) is 18.3 Å². The van der Waals surface area contributed by atoms with E-state index in [4.69, 9.17) is 31.9 Å². The molecule has 43 heavy (non-hydrogen) atoms. The van der Waals surface area contributed by atoms with Gasteiger partial charge in [-0.15, -0.1) is 0 Å². The number of rotatable bonds is 9. The molecule has 16 nitrogen and oxygen atoms in total. The number of nitrogens with zero attached hydrogens (tertiary/aromatic N) is 4. The SMILES string of the molecule is NC(C(=O)Nc1nc(Cl)nc2c1ncn2C1OC(CCP(=O)(O)CP(=O)(O)O)C(O)C1O)C12CC3C[C@@H](CC(O)(C3)C1)C2. The van der Waals surface area contributed by atoms with Gasteiger partial charge in [-0.05, 0) is 73.8 Å². The fourth-order valence-electron chi connectivity index (χ4n) is 8.17. The van der Waals surface area contributed by atoms with Crippen LogP contribution in [0.4, 0.5) is 5.82 Å². The molecule has 2 aromatic rings. The summed E-state index contributed by atoms with van der Waals surface area (Å²) in [4.78, 5) is 54.1. The first kappa shape index (κ1) is 31.4. The number of anilines is 1. The number of nitrogens with two attached hydrogens (primary N) is 1. The van der Waals surface area contributed by atoms with E-state index in [0.717, 1.165) is 32.1 Å². The molecule has 10 atom stereocenters. The highest BCUT2D eigenvalue weighted by atomic mass is 35.5. The Hall–Kier alpha value is -1.55. The molecule has 5 fully saturated rings. The largest absolute Gasteiger partial charge is 0.390 e. The quantitative estimate of drug-likeness (QED) is 0.134. The van der Waals surface area contributed by atoms with Crippen molar-refractivity contribution in [2.75, 3.05) is 17.4 Å². The van der Waals surface area contributed by atoms with Crippen LogP contribution in [0, 0.1) is 17.3 Å². The van der Waals surface area contributed by atoms with Crippen LogP contribution in [0.3, 0.4) is 0 Å². The maximum absolute atomic E-state index is 13.5. The average molecular weight is 665 g/mol. The van der Waals surface area contributed by atoms with Crippen LogP contribution in [0.5, 0.6) is 0 Å². The maximum Gasteiger partial charge on any atom is 0.335 e. The second-order valence-corrected chi connectivity index (χ2v) is 17.8.